The Hall–Kier alpha value is -0.290. The van der Waals surface area contributed by atoms with Gasteiger partial charge in [-0.05, 0) is 23.3 Å². The standard InChI is InChI=1S/C11H9Cl2P/c1-8-6-7-11(14(12)13)10-5-3-2-4-9(8)10/h2-7H,1H3. The first-order valence-electron chi connectivity index (χ1n) is 4.30. The molecule has 0 spiro atoms. The topological polar surface area (TPSA) is 0 Å². The van der Waals surface area contributed by atoms with E-state index in [9.17, 15) is 0 Å². The minimum absolute atomic E-state index is 1.05. The Morgan fingerprint density at radius 3 is 2.21 bits per heavy atom. The van der Waals surface area contributed by atoms with E-state index < -0.39 is 6.63 Å². The second kappa shape index (κ2) is 4.06. The number of hydrogen-bond donors (Lipinski definition) is 0. The van der Waals surface area contributed by atoms with Crippen molar-refractivity contribution in [1.29, 1.82) is 0 Å². The average molecular weight is 243 g/mol. The van der Waals surface area contributed by atoms with Gasteiger partial charge in [0.05, 0.1) is 0 Å². The van der Waals surface area contributed by atoms with Gasteiger partial charge in [-0.15, -0.1) is 0 Å². The van der Waals surface area contributed by atoms with Crippen LogP contribution in [0.5, 0.6) is 0 Å². The van der Waals surface area contributed by atoms with Crippen LogP contribution in [-0.2, 0) is 0 Å². The molecule has 0 unspecified atom stereocenters. The fraction of sp³-hybridized carbons (Fsp3) is 0.0909. The van der Waals surface area contributed by atoms with Gasteiger partial charge in [0.2, 0.25) is 0 Å². The molecular weight excluding hydrogens is 234 g/mol. The molecule has 0 saturated carbocycles. The van der Waals surface area contributed by atoms with Gasteiger partial charge < -0.3 is 0 Å². The predicted molar refractivity (Wildman–Crippen MR) is 66.9 cm³/mol. The Balaban J connectivity index is 2.82. The molecule has 0 saturated heterocycles. The van der Waals surface area contributed by atoms with Crippen molar-refractivity contribution in [2.45, 2.75) is 6.92 Å². The Bertz CT molecular complexity index is 466. The highest BCUT2D eigenvalue weighted by Crippen LogP contribution is 2.47. The molecule has 0 aliphatic heterocycles. The third-order valence-corrected chi connectivity index (χ3v) is 4.15. The van der Waals surface area contributed by atoms with Crippen LogP contribution in [0.25, 0.3) is 10.8 Å². The van der Waals surface area contributed by atoms with Crippen molar-refractivity contribution in [3.8, 4) is 0 Å². The SMILES string of the molecule is Cc1ccc(P(Cl)Cl)c2ccccc12. The van der Waals surface area contributed by atoms with Gasteiger partial charge in [0, 0.05) is 5.30 Å². The van der Waals surface area contributed by atoms with Crippen molar-refractivity contribution in [3.05, 3.63) is 42.0 Å². The molecule has 0 nitrogen and oxygen atoms in total. The average Bonchev–Trinajstić information content (AvgIpc) is 2.18. The van der Waals surface area contributed by atoms with Crippen molar-refractivity contribution in [2.75, 3.05) is 0 Å². The minimum atomic E-state index is -1.06. The smallest absolute Gasteiger partial charge is 0.0727 e. The second-order valence-electron chi connectivity index (χ2n) is 3.18. The lowest BCUT2D eigenvalue weighted by molar-refractivity contribution is 1.54. The fourth-order valence-corrected chi connectivity index (χ4v) is 3.03. The van der Waals surface area contributed by atoms with Gasteiger partial charge >= 0.3 is 0 Å². The summed E-state index contributed by atoms with van der Waals surface area (Å²) in [5, 5.41) is 3.45. The summed E-state index contributed by atoms with van der Waals surface area (Å²) in [5.74, 6) is 0. The van der Waals surface area contributed by atoms with E-state index in [4.69, 9.17) is 22.5 Å². The zero-order chi connectivity index (χ0) is 10.1. The summed E-state index contributed by atoms with van der Waals surface area (Å²) in [4.78, 5) is 0. The van der Waals surface area contributed by atoms with Gasteiger partial charge in [-0.25, -0.2) is 0 Å². The number of benzene rings is 2. The van der Waals surface area contributed by atoms with Gasteiger partial charge in [-0.2, -0.15) is 0 Å². The highest BCUT2D eigenvalue weighted by molar-refractivity contribution is 8.09. The van der Waals surface area contributed by atoms with Crippen LogP contribution < -0.4 is 5.30 Å². The van der Waals surface area contributed by atoms with Crippen molar-refractivity contribution < 1.29 is 0 Å². The Labute approximate surface area is 94.2 Å². The van der Waals surface area contributed by atoms with E-state index in [1.807, 2.05) is 18.2 Å². The van der Waals surface area contributed by atoms with Crippen LogP contribution in [0.3, 0.4) is 0 Å². The maximum absolute atomic E-state index is 5.96. The molecule has 3 heteroatoms. The zero-order valence-corrected chi connectivity index (χ0v) is 10.1. The van der Waals surface area contributed by atoms with Gasteiger partial charge in [0.25, 0.3) is 0 Å². The lowest BCUT2D eigenvalue weighted by atomic mass is 10.1. The zero-order valence-electron chi connectivity index (χ0n) is 7.67. The Morgan fingerprint density at radius 1 is 0.929 bits per heavy atom. The van der Waals surface area contributed by atoms with Crippen molar-refractivity contribution in [1.82, 2.24) is 0 Å². The monoisotopic (exact) mass is 242 g/mol. The molecule has 0 aliphatic rings. The van der Waals surface area contributed by atoms with Gasteiger partial charge in [-0.1, -0.05) is 58.9 Å². The quantitative estimate of drug-likeness (QED) is 0.644. The number of halogens is 2. The van der Waals surface area contributed by atoms with Gasteiger partial charge in [-0.3, -0.25) is 0 Å². The Morgan fingerprint density at radius 2 is 1.57 bits per heavy atom. The van der Waals surface area contributed by atoms with Gasteiger partial charge in [0.1, 0.15) is 6.63 Å². The summed E-state index contributed by atoms with van der Waals surface area (Å²) in [6.07, 6.45) is 0. The first-order chi connectivity index (χ1) is 6.70. The number of hydrogen-bond acceptors (Lipinski definition) is 0. The normalized spacial score (nSPS) is 11.1. The minimum Gasteiger partial charge on any atom is -0.0727 e. The molecule has 0 atom stereocenters. The Kier molecular flexibility index (Phi) is 2.97. The van der Waals surface area contributed by atoms with E-state index >= 15 is 0 Å². The molecule has 2 aromatic carbocycles. The lowest BCUT2D eigenvalue weighted by Crippen LogP contribution is -1.97. The third-order valence-electron chi connectivity index (χ3n) is 2.30. The number of fused-ring (bicyclic) bond motifs is 1. The number of rotatable bonds is 1. The molecule has 14 heavy (non-hydrogen) atoms. The molecule has 0 fully saturated rings. The molecule has 0 N–H and O–H groups in total. The third kappa shape index (κ3) is 1.75. The van der Waals surface area contributed by atoms with E-state index in [1.165, 1.54) is 16.3 Å². The molecule has 0 amide bonds. The summed E-state index contributed by atoms with van der Waals surface area (Å²) in [5.41, 5.74) is 1.26. The highest BCUT2D eigenvalue weighted by Gasteiger charge is 2.08. The fourth-order valence-electron chi connectivity index (χ4n) is 1.58. The van der Waals surface area contributed by atoms with Crippen LogP contribution in [-0.4, -0.2) is 0 Å². The van der Waals surface area contributed by atoms with Crippen LogP contribution in [0.2, 0.25) is 0 Å². The van der Waals surface area contributed by atoms with E-state index in [-0.39, 0.29) is 0 Å². The molecule has 0 aliphatic carbocycles. The maximum Gasteiger partial charge on any atom is 0.117 e. The maximum atomic E-state index is 5.96. The molecule has 0 aromatic heterocycles. The number of aryl methyl sites for hydroxylation is 1. The summed E-state index contributed by atoms with van der Waals surface area (Å²) in [6, 6.07) is 12.3. The van der Waals surface area contributed by atoms with Gasteiger partial charge in [0.15, 0.2) is 0 Å². The van der Waals surface area contributed by atoms with E-state index in [1.54, 1.807) is 0 Å². The molecule has 0 bridgehead atoms. The lowest BCUT2D eigenvalue weighted by Gasteiger charge is -2.08. The van der Waals surface area contributed by atoms with Crippen LogP contribution in [0.4, 0.5) is 0 Å². The van der Waals surface area contributed by atoms with Crippen LogP contribution in [0.15, 0.2) is 36.4 Å². The van der Waals surface area contributed by atoms with E-state index in [0.717, 1.165) is 5.30 Å². The predicted octanol–water partition coefficient (Wildman–Crippen LogP) is 4.56. The van der Waals surface area contributed by atoms with Crippen LogP contribution in [0, 0.1) is 6.92 Å². The summed E-state index contributed by atoms with van der Waals surface area (Å²) in [6.45, 7) is 1.03. The van der Waals surface area contributed by atoms with E-state index in [2.05, 4.69) is 25.1 Å². The molecular formula is C11H9Cl2P. The molecule has 2 aromatic rings. The summed E-state index contributed by atoms with van der Waals surface area (Å²) >= 11 is 11.9. The van der Waals surface area contributed by atoms with Crippen molar-refractivity contribution in [2.24, 2.45) is 0 Å². The molecule has 2 rings (SSSR count). The largest absolute Gasteiger partial charge is 0.117 e. The van der Waals surface area contributed by atoms with E-state index in [0.29, 0.717) is 0 Å². The summed E-state index contributed by atoms with van der Waals surface area (Å²) in [7, 11) is 0. The second-order valence-corrected chi connectivity index (χ2v) is 6.68. The molecule has 0 heterocycles. The van der Waals surface area contributed by atoms with Crippen molar-refractivity contribution >= 4 is 45.2 Å². The molecule has 0 radical (unpaired) electrons. The first kappa shape index (κ1) is 10.2. The summed E-state index contributed by atoms with van der Waals surface area (Å²) < 4.78 is 0. The molecule has 72 valence electrons. The van der Waals surface area contributed by atoms with Crippen molar-refractivity contribution in [3.63, 3.8) is 0 Å². The van der Waals surface area contributed by atoms with Crippen LogP contribution in [0.1, 0.15) is 5.56 Å². The first-order valence-corrected chi connectivity index (χ1v) is 7.45. The van der Waals surface area contributed by atoms with Crippen LogP contribution >= 0.6 is 29.1 Å². The highest BCUT2D eigenvalue weighted by atomic mass is 35.9.